The molecule has 2 aliphatic rings. The van der Waals surface area contributed by atoms with E-state index in [9.17, 15) is 67.1 Å². The lowest BCUT2D eigenvalue weighted by Gasteiger charge is -2.34. The van der Waals surface area contributed by atoms with Gasteiger partial charge in [-0.05, 0) is 206 Å². The number of rotatable bonds is 23. The first-order valence-electron chi connectivity index (χ1n) is 47.5. The third-order valence-electron chi connectivity index (χ3n) is 16.8. The van der Waals surface area contributed by atoms with E-state index in [-0.39, 0.29) is 131 Å². The first kappa shape index (κ1) is 136. The normalized spacial score (nSPS) is 13.4. The fourth-order valence-corrected chi connectivity index (χ4v) is 7.68. The molecule has 2 N–H and O–H groups in total. The molecule has 21 heteroatoms. The number of unbranched alkanes of at least 4 members (excludes halogenated alkanes) is 1. The lowest BCUT2D eigenvalue weighted by atomic mass is 9.90. The van der Waals surface area contributed by atoms with Crippen molar-refractivity contribution in [3.05, 3.63) is 110 Å². The second-order valence-electron chi connectivity index (χ2n) is 43.9. The molecule has 0 spiro atoms. The number of amides is 2. The van der Waals surface area contributed by atoms with Crippen LogP contribution < -0.4 is 5.32 Å². The summed E-state index contributed by atoms with van der Waals surface area (Å²) >= 11 is 0. The van der Waals surface area contributed by atoms with Gasteiger partial charge in [-0.1, -0.05) is 291 Å². The largest absolute Gasteiger partial charge is 0.463 e. The zero-order valence-electron chi connectivity index (χ0n) is 94.1. The standard InChI is InChI=1S/C13H23NO.C11H19NO.C10H19NO.C10H16O3.C10H18O.C9H17NO2.C9H14O2.C9H16O.C9H14O.C7H11NO.C7H12O.C7H10O/c1-13(2,3)12(15)8-7-11-14-9-5-4-6-10-14;1-11(2,3)10(13)6-4-7-12-8-5-9-12;1-10(2,3)9(12)7-6-8-11(4)5;1-5-13-9(12)7-6-8(11)10(2,3)4;1-5-6-7-8-9(11)10(2,3)4;1-5-8(12)10(6-7-11)9(2,3)4;1-7(10)5-6-8(11)9(2,3)4;2*1-5-6-7-8(10)9(2,3)4;1-5-6(9)8-7(2,3)4;2*1-5-6(8)7(2,3)4/h7-8H,4-6,9-11H2,1-3H3;4,6H,5,7-9H2,1-3H3;6-7H,8H2,1-5H3;6-7H,5H2,1-4H3;7-8H,5-6H2,1-4H3;5,11H,1,6-7H2,2-4H3;5-6H,1-4H3;6-7H,5H2,1-4H3;5H2,1-4H3;1H,2-4H3,(H,8,9);5H,1H2,2-4H3;1H,2-4H3/b8-7+;6-4+;2*7-6+;8-7+;;6-5+;7-6+;;;;/i;;;;;;;;;;1D2,5D;. The van der Waals surface area contributed by atoms with E-state index in [0.29, 0.717) is 13.2 Å². The third-order valence-corrected chi connectivity index (χ3v) is 16.8. The highest BCUT2D eigenvalue weighted by Crippen LogP contribution is 2.22. The molecule has 0 aromatic rings. The minimum atomic E-state index is -0.718. The highest BCUT2D eigenvalue weighted by atomic mass is 16.5. The first-order chi connectivity index (χ1) is 60.6. The van der Waals surface area contributed by atoms with Crippen LogP contribution in [0.3, 0.4) is 0 Å². The Bertz CT molecular complexity index is 4000. The molecule has 21 nitrogen and oxygen atoms in total. The van der Waals surface area contributed by atoms with Crippen LogP contribution in [-0.2, 0) is 71.9 Å². The van der Waals surface area contributed by atoms with Crippen LogP contribution in [0.5, 0.6) is 0 Å². The molecule has 2 rings (SSSR count). The average molecular weight is 1850 g/mol. The number of aliphatic hydroxyl groups is 1. The maximum atomic E-state index is 11.6. The van der Waals surface area contributed by atoms with Crippen LogP contribution >= 0.6 is 0 Å². The summed E-state index contributed by atoms with van der Waals surface area (Å²) in [5, 5.41) is 11.3. The summed E-state index contributed by atoms with van der Waals surface area (Å²) < 4.78 is 25.1. The Hall–Kier alpha value is -9.04. The van der Waals surface area contributed by atoms with Crippen molar-refractivity contribution in [1.82, 2.24) is 24.9 Å². The summed E-state index contributed by atoms with van der Waals surface area (Å²) in [6.45, 7) is 87.3. The third kappa shape index (κ3) is 95.6. The molecular formula is C111H189N5O16. The molecule has 0 bridgehead atoms. The van der Waals surface area contributed by atoms with Crippen LogP contribution in [0.4, 0.5) is 0 Å². The van der Waals surface area contributed by atoms with Crippen molar-refractivity contribution in [3.8, 4) is 36.5 Å². The van der Waals surface area contributed by atoms with Gasteiger partial charge in [-0.3, -0.25) is 72.1 Å². The van der Waals surface area contributed by atoms with Gasteiger partial charge < -0.3 is 25.0 Å². The van der Waals surface area contributed by atoms with Gasteiger partial charge in [0, 0.05) is 104 Å². The number of ether oxygens (including phenoxy) is 1. The molecule has 754 valence electrons. The number of allylic oxidation sites excluding steroid dienone is 11. The number of likely N-dealkylation sites (N-methyl/N-ethyl adjacent to an activating group) is 1. The number of likely N-dealkylation sites (tertiary alicyclic amines) is 2. The van der Waals surface area contributed by atoms with Gasteiger partial charge in [0.1, 0.15) is 0 Å². The number of Topliss-reactive ketones (excluding diaryl/α,β-unsaturated/α-hetero) is 2. The van der Waals surface area contributed by atoms with Crippen LogP contribution in [0, 0.1) is 90.7 Å². The average Bonchev–Trinajstić information content (AvgIpc) is 0.870. The van der Waals surface area contributed by atoms with Crippen molar-refractivity contribution in [2.45, 2.75) is 346 Å². The Morgan fingerprint density at radius 1 is 0.447 bits per heavy atom. The zero-order chi connectivity index (χ0) is 109. The summed E-state index contributed by atoms with van der Waals surface area (Å²) in [6, 6.07) is -0.516. The lowest BCUT2D eigenvalue weighted by Crippen LogP contribution is -2.46. The Labute approximate surface area is 810 Å². The molecule has 2 amide bonds. The van der Waals surface area contributed by atoms with E-state index in [1.54, 1.807) is 105 Å². The van der Waals surface area contributed by atoms with Gasteiger partial charge in [-0.25, -0.2) is 4.79 Å². The number of β-amino-alcohol motifs (C(OH)–C–C–N with tert-alkyl or cyclic N) is 1. The van der Waals surface area contributed by atoms with Gasteiger partial charge in [0.05, 0.1) is 17.3 Å². The number of hydrogen-bond donors (Lipinski definition) is 2. The monoisotopic (exact) mass is 1850 g/mol. The maximum absolute atomic E-state index is 11.6. The number of nitrogens with zero attached hydrogens (tertiary/aromatic N) is 4. The molecule has 0 atom stereocenters. The number of ketones is 11. The summed E-state index contributed by atoms with van der Waals surface area (Å²) in [5.74, 6) is 8.66. The molecule has 2 saturated heterocycles. The highest BCUT2D eigenvalue weighted by molar-refractivity contribution is 6.02. The van der Waals surface area contributed by atoms with Crippen molar-refractivity contribution >= 4 is 81.4 Å². The molecule has 2 fully saturated rings. The number of piperidine rings is 1. The molecule has 2 heterocycles. The summed E-state index contributed by atoms with van der Waals surface area (Å²) in [6.07, 6.45) is 43.3. The highest BCUT2D eigenvalue weighted by Gasteiger charge is 2.27. The smallest absolute Gasteiger partial charge is 0.330 e. The number of carbonyl (C=O) groups excluding carboxylic acids is 14. The van der Waals surface area contributed by atoms with Gasteiger partial charge in [-0.15, -0.1) is 12.8 Å². The Kier molecular flexibility index (Phi) is 74.6. The van der Waals surface area contributed by atoms with Crippen LogP contribution in [-0.4, -0.2) is 197 Å². The van der Waals surface area contributed by atoms with Crippen LogP contribution in [0.2, 0.25) is 0 Å². The zero-order valence-corrected chi connectivity index (χ0v) is 91.1. The predicted octanol–water partition coefficient (Wildman–Crippen LogP) is 21.6. The summed E-state index contributed by atoms with van der Waals surface area (Å²) in [4.78, 5) is 163. The second-order valence-corrected chi connectivity index (χ2v) is 43.9. The van der Waals surface area contributed by atoms with Gasteiger partial charge in [-0.2, -0.15) is 0 Å². The van der Waals surface area contributed by atoms with Gasteiger partial charge >= 0.3 is 5.97 Å². The van der Waals surface area contributed by atoms with Gasteiger partial charge in [0.15, 0.2) is 52.0 Å². The summed E-state index contributed by atoms with van der Waals surface area (Å²) in [5.41, 5.74) is -3.78. The van der Waals surface area contributed by atoms with E-state index in [0.717, 1.165) is 51.4 Å². The first-order valence-corrected chi connectivity index (χ1v) is 46.0. The van der Waals surface area contributed by atoms with Gasteiger partial charge in [0.2, 0.25) is 17.5 Å². The Balaban J connectivity index is -0.000000158. The maximum Gasteiger partial charge on any atom is 0.330 e. The molecule has 132 heavy (non-hydrogen) atoms. The van der Waals surface area contributed by atoms with Crippen LogP contribution in [0.25, 0.3) is 0 Å². The van der Waals surface area contributed by atoms with E-state index < -0.39 is 35.2 Å². The molecule has 0 saturated carbocycles. The number of esters is 1. The Morgan fingerprint density at radius 3 is 1.02 bits per heavy atom. The molecule has 0 aromatic heterocycles. The van der Waals surface area contributed by atoms with Crippen LogP contribution in [0.1, 0.15) is 339 Å². The van der Waals surface area contributed by atoms with Crippen molar-refractivity contribution < 1.29 is 81.1 Å². The van der Waals surface area contributed by atoms with Crippen molar-refractivity contribution in [3.63, 3.8) is 0 Å². The van der Waals surface area contributed by atoms with Crippen molar-refractivity contribution in [1.29, 1.82) is 0 Å². The van der Waals surface area contributed by atoms with Crippen molar-refractivity contribution in [2.24, 2.45) is 54.1 Å². The molecule has 0 aromatic carbocycles. The number of carbonyl (C=O) groups is 14. The summed E-state index contributed by atoms with van der Waals surface area (Å²) in [7, 11) is 3.96. The van der Waals surface area contributed by atoms with Gasteiger partial charge in [0.25, 0.3) is 5.91 Å². The number of terminal acetylenes is 2. The minimum absolute atomic E-state index is 0.0170. The number of hydrogen-bond acceptors (Lipinski definition) is 19. The number of aliphatic hydroxyl groups excluding tert-OH is 1. The molecular weight excluding hydrogens is 1660 g/mol. The fraction of sp³-hybridized carbons (Fsp3) is 0.658. The quantitative estimate of drug-likeness (QED) is 0.0416. The van der Waals surface area contributed by atoms with E-state index in [2.05, 4.69) is 51.1 Å². The molecule has 0 aliphatic carbocycles. The van der Waals surface area contributed by atoms with E-state index in [1.807, 2.05) is 256 Å². The molecule has 0 unspecified atom stereocenters. The van der Waals surface area contributed by atoms with Crippen molar-refractivity contribution in [2.75, 3.05) is 79.7 Å². The van der Waals surface area contributed by atoms with E-state index in [1.165, 1.54) is 83.1 Å². The molecule has 2 aliphatic heterocycles. The second kappa shape index (κ2) is 72.4. The molecule has 0 radical (unpaired) electrons. The van der Waals surface area contributed by atoms with Crippen LogP contribution in [0.15, 0.2) is 110 Å². The van der Waals surface area contributed by atoms with E-state index >= 15 is 0 Å². The number of nitrogens with one attached hydrogen (secondary N) is 1. The Morgan fingerprint density at radius 2 is 0.788 bits per heavy atom. The SMILES string of the molecule is C#CC(=O)C(C)(C)C.C#CC(=O)NC(C)(C)C.C=CC(=O)N(CCO)C(C)(C)C.CC(=O)/C=C/C(=O)C(C)(C)C.CC(C)(C)C(=O)/C=C/CN1CCC1.CC(C)(C)C(=O)/C=C/CN1CCCCC1.CC/C=C/C(=O)C(C)(C)C.CCC#CC(=O)C(C)(C)C.CCC/C=C/C(=O)C(C)(C)C.CCOC(=O)/C=C/C(=O)C(C)(C)C.CN(C)C/C=C/C(=O)C(C)(C)C.[2H]C([2H])=C([2H])C(=O)C(C)(C)C. The lowest BCUT2D eigenvalue weighted by molar-refractivity contribution is -0.137. The topological polar surface area (TPSA) is 293 Å². The predicted molar refractivity (Wildman–Crippen MR) is 554 cm³/mol. The minimum Gasteiger partial charge on any atom is -0.463 e. The fourth-order valence-electron chi connectivity index (χ4n) is 7.68. The van der Waals surface area contributed by atoms with E-state index in [4.69, 9.17) is 22.1 Å².